The van der Waals surface area contributed by atoms with Gasteiger partial charge in [-0.05, 0) is 47.7 Å². The lowest BCUT2D eigenvalue weighted by Crippen LogP contribution is -2.53. The molecule has 0 spiro atoms. The van der Waals surface area contributed by atoms with Gasteiger partial charge in [0.1, 0.15) is 0 Å². The van der Waals surface area contributed by atoms with E-state index in [1.165, 1.54) is 28.6 Å². The number of morpholine rings is 1. The van der Waals surface area contributed by atoms with Gasteiger partial charge in [0.2, 0.25) is 0 Å². The SMILES string of the molecule is CCC(N)C(c1cc(Br)cs1)N1CCOC2CCCC21. The second kappa shape index (κ2) is 6.44. The van der Waals surface area contributed by atoms with Gasteiger partial charge >= 0.3 is 0 Å². The molecule has 3 rings (SSSR count). The third kappa shape index (κ3) is 2.83. The molecule has 1 aromatic rings. The lowest BCUT2D eigenvalue weighted by atomic mass is 9.98. The zero-order chi connectivity index (χ0) is 14.1. The molecule has 2 N–H and O–H groups in total. The highest BCUT2D eigenvalue weighted by molar-refractivity contribution is 9.10. The molecular formula is C15H23BrN2OS. The maximum atomic E-state index is 6.48. The number of halogens is 1. The highest BCUT2D eigenvalue weighted by atomic mass is 79.9. The Kier molecular flexibility index (Phi) is 4.82. The first kappa shape index (κ1) is 15.0. The summed E-state index contributed by atoms with van der Waals surface area (Å²) in [6.07, 6.45) is 5.19. The standard InChI is InChI=1S/C15H23BrN2OS/c1-2-11(17)15(14-8-10(16)9-20-14)18-6-7-19-13-5-3-4-12(13)18/h8-9,11-13,15H,2-7,17H2,1H3. The van der Waals surface area contributed by atoms with E-state index >= 15 is 0 Å². The van der Waals surface area contributed by atoms with Gasteiger partial charge < -0.3 is 10.5 Å². The van der Waals surface area contributed by atoms with Gasteiger partial charge in [-0.15, -0.1) is 11.3 Å². The molecule has 2 heterocycles. The van der Waals surface area contributed by atoms with Crippen molar-refractivity contribution in [3.8, 4) is 0 Å². The first-order valence-corrected chi connectivity index (χ1v) is 9.25. The van der Waals surface area contributed by atoms with E-state index in [0.717, 1.165) is 19.6 Å². The van der Waals surface area contributed by atoms with Crippen molar-refractivity contribution in [3.05, 3.63) is 20.8 Å². The van der Waals surface area contributed by atoms with E-state index < -0.39 is 0 Å². The maximum Gasteiger partial charge on any atom is 0.0731 e. The number of rotatable bonds is 4. The highest BCUT2D eigenvalue weighted by Crippen LogP contribution is 2.39. The predicted molar refractivity (Wildman–Crippen MR) is 87.1 cm³/mol. The zero-order valence-corrected chi connectivity index (χ0v) is 14.3. The molecule has 3 nitrogen and oxygen atoms in total. The molecule has 1 aliphatic carbocycles. The predicted octanol–water partition coefficient (Wildman–Crippen LogP) is 3.54. The van der Waals surface area contributed by atoms with Crippen LogP contribution in [-0.2, 0) is 4.74 Å². The van der Waals surface area contributed by atoms with Gasteiger partial charge in [-0.3, -0.25) is 4.90 Å². The van der Waals surface area contributed by atoms with Gasteiger partial charge in [-0.25, -0.2) is 0 Å². The fourth-order valence-electron chi connectivity index (χ4n) is 3.63. The van der Waals surface area contributed by atoms with Crippen molar-refractivity contribution in [2.75, 3.05) is 13.2 Å². The summed E-state index contributed by atoms with van der Waals surface area (Å²) in [5, 5.41) is 2.16. The fraction of sp³-hybridized carbons (Fsp3) is 0.733. The van der Waals surface area contributed by atoms with E-state index in [1.807, 2.05) is 11.3 Å². The normalized spacial score (nSPS) is 30.1. The Morgan fingerprint density at radius 2 is 2.40 bits per heavy atom. The van der Waals surface area contributed by atoms with E-state index in [1.54, 1.807) is 0 Å². The summed E-state index contributed by atoms with van der Waals surface area (Å²) in [7, 11) is 0. The lowest BCUT2D eigenvalue weighted by molar-refractivity contribution is -0.0757. The third-order valence-corrected chi connectivity index (χ3v) is 6.40. The molecule has 2 fully saturated rings. The number of nitrogens with zero attached hydrogens (tertiary/aromatic N) is 1. The van der Waals surface area contributed by atoms with Crippen LogP contribution in [0.1, 0.15) is 43.5 Å². The van der Waals surface area contributed by atoms with Crippen molar-refractivity contribution in [2.24, 2.45) is 5.73 Å². The van der Waals surface area contributed by atoms with Crippen molar-refractivity contribution >= 4 is 27.3 Å². The molecule has 1 saturated carbocycles. The quantitative estimate of drug-likeness (QED) is 0.894. The Balaban J connectivity index is 1.88. The van der Waals surface area contributed by atoms with E-state index in [4.69, 9.17) is 10.5 Å². The van der Waals surface area contributed by atoms with Gasteiger partial charge in [0.05, 0.1) is 18.8 Å². The smallest absolute Gasteiger partial charge is 0.0731 e. The van der Waals surface area contributed by atoms with Crippen molar-refractivity contribution in [1.82, 2.24) is 4.90 Å². The number of thiophene rings is 1. The summed E-state index contributed by atoms with van der Waals surface area (Å²) in [4.78, 5) is 4.02. The molecular weight excluding hydrogens is 336 g/mol. The molecule has 0 bridgehead atoms. The average Bonchev–Trinajstić information content (AvgIpc) is 3.08. The van der Waals surface area contributed by atoms with Crippen LogP contribution in [0.15, 0.2) is 15.9 Å². The van der Waals surface area contributed by atoms with Crippen LogP contribution in [0.3, 0.4) is 0 Å². The Bertz CT molecular complexity index is 453. The van der Waals surface area contributed by atoms with Crippen LogP contribution in [0.2, 0.25) is 0 Å². The van der Waals surface area contributed by atoms with Gasteiger partial charge in [0.15, 0.2) is 0 Å². The number of ether oxygens (including phenoxy) is 1. The Hall–Kier alpha value is 0.0600. The van der Waals surface area contributed by atoms with Gasteiger partial charge in [-0.2, -0.15) is 0 Å². The molecule has 4 atom stereocenters. The molecule has 4 unspecified atom stereocenters. The highest BCUT2D eigenvalue weighted by Gasteiger charge is 2.41. The summed E-state index contributed by atoms with van der Waals surface area (Å²) < 4.78 is 7.12. The molecule has 0 radical (unpaired) electrons. The van der Waals surface area contributed by atoms with E-state index in [2.05, 4.69) is 39.2 Å². The third-order valence-electron chi connectivity index (χ3n) is 4.64. The van der Waals surface area contributed by atoms with Crippen molar-refractivity contribution in [1.29, 1.82) is 0 Å². The van der Waals surface area contributed by atoms with Crippen LogP contribution >= 0.6 is 27.3 Å². The van der Waals surface area contributed by atoms with Crippen LogP contribution in [0.5, 0.6) is 0 Å². The second-order valence-corrected chi connectivity index (χ2v) is 7.69. The molecule has 1 saturated heterocycles. The number of fused-ring (bicyclic) bond motifs is 1. The number of hydrogen-bond donors (Lipinski definition) is 1. The van der Waals surface area contributed by atoms with E-state index in [0.29, 0.717) is 18.2 Å². The first-order valence-electron chi connectivity index (χ1n) is 7.57. The summed E-state index contributed by atoms with van der Waals surface area (Å²) in [5.41, 5.74) is 6.48. The van der Waals surface area contributed by atoms with Gasteiger partial charge in [-0.1, -0.05) is 6.92 Å². The largest absolute Gasteiger partial charge is 0.375 e. The van der Waals surface area contributed by atoms with Crippen LogP contribution < -0.4 is 5.73 Å². The van der Waals surface area contributed by atoms with Gasteiger partial charge in [0.25, 0.3) is 0 Å². The van der Waals surface area contributed by atoms with Crippen LogP contribution in [0.25, 0.3) is 0 Å². The molecule has 0 aromatic carbocycles. The molecule has 20 heavy (non-hydrogen) atoms. The van der Waals surface area contributed by atoms with Crippen LogP contribution in [-0.4, -0.2) is 36.2 Å². The Morgan fingerprint density at radius 1 is 1.55 bits per heavy atom. The minimum absolute atomic E-state index is 0.194. The lowest BCUT2D eigenvalue weighted by Gasteiger charge is -2.44. The Labute approximate surface area is 133 Å². The zero-order valence-electron chi connectivity index (χ0n) is 11.9. The number of nitrogens with two attached hydrogens (primary N) is 1. The van der Waals surface area contributed by atoms with Crippen molar-refractivity contribution in [3.63, 3.8) is 0 Å². The van der Waals surface area contributed by atoms with Gasteiger partial charge in [0, 0.05) is 33.4 Å². The second-order valence-electron chi connectivity index (χ2n) is 5.83. The van der Waals surface area contributed by atoms with Crippen molar-refractivity contribution < 1.29 is 4.74 Å². The van der Waals surface area contributed by atoms with Crippen LogP contribution in [0, 0.1) is 0 Å². The Morgan fingerprint density at radius 3 is 3.10 bits per heavy atom. The topological polar surface area (TPSA) is 38.5 Å². The summed E-state index contributed by atoms with van der Waals surface area (Å²) in [6, 6.07) is 3.34. The number of hydrogen-bond acceptors (Lipinski definition) is 4. The molecule has 1 aromatic heterocycles. The van der Waals surface area contributed by atoms with Crippen molar-refractivity contribution in [2.45, 2.75) is 56.8 Å². The molecule has 0 amide bonds. The average molecular weight is 359 g/mol. The summed E-state index contributed by atoms with van der Waals surface area (Å²) in [5.74, 6) is 0. The summed E-state index contributed by atoms with van der Waals surface area (Å²) >= 11 is 5.40. The summed E-state index contributed by atoms with van der Waals surface area (Å²) in [6.45, 7) is 4.04. The molecule has 1 aliphatic heterocycles. The molecule has 5 heteroatoms. The van der Waals surface area contributed by atoms with E-state index in [-0.39, 0.29) is 6.04 Å². The first-order chi connectivity index (χ1) is 9.70. The van der Waals surface area contributed by atoms with E-state index in [9.17, 15) is 0 Å². The van der Waals surface area contributed by atoms with Crippen LogP contribution in [0.4, 0.5) is 0 Å². The minimum Gasteiger partial charge on any atom is -0.375 e. The molecule has 2 aliphatic rings. The molecule has 112 valence electrons. The fourth-order valence-corrected chi connectivity index (χ4v) is 5.27. The minimum atomic E-state index is 0.194. The maximum absolute atomic E-state index is 6.48. The monoisotopic (exact) mass is 358 g/mol.